The Bertz CT molecular complexity index is 1140. The summed E-state index contributed by atoms with van der Waals surface area (Å²) in [6.07, 6.45) is 5.74. The third-order valence-corrected chi connectivity index (χ3v) is 6.39. The van der Waals surface area contributed by atoms with Crippen LogP contribution in [0.5, 0.6) is 5.75 Å². The van der Waals surface area contributed by atoms with E-state index in [1.54, 1.807) is 7.11 Å². The van der Waals surface area contributed by atoms with Crippen molar-refractivity contribution >= 4 is 45.5 Å². The Balaban J connectivity index is 1.63. The Labute approximate surface area is 192 Å². The monoisotopic (exact) mass is 455 g/mol. The van der Waals surface area contributed by atoms with E-state index in [0.29, 0.717) is 34.0 Å². The molecule has 0 bridgehead atoms. The minimum atomic E-state index is -0.105. The summed E-state index contributed by atoms with van der Waals surface area (Å²) < 4.78 is 5.27. The number of nitrogens with one attached hydrogen (secondary N) is 2. The van der Waals surface area contributed by atoms with Gasteiger partial charge in [-0.2, -0.15) is 0 Å². The first-order valence-electron chi connectivity index (χ1n) is 10.6. The van der Waals surface area contributed by atoms with Gasteiger partial charge in [0.2, 0.25) is 0 Å². The number of methoxy groups -OCH3 is 1. The van der Waals surface area contributed by atoms with Gasteiger partial charge in [-0.25, -0.2) is 0 Å². The van der Waals surface area contributed by atoms with Gasteiger partial charge in [-0.15, -0.1) is 0 Å². The fourth-order valence-corrected chi connectivity index (χ4v) is 4.70. The molecular formula is C24H26ClN3O2S. The number of hydrogen-bond acceptors (Lipinski definition) is 3. The van der Waals surface area contributed by atoms with Crippen LogP contribution in [0.3, 0.4) is 0 Å². The third kappa shape index (κ3) is 5.20. The second kappa shape index (κ2) is 9.71. The molecule has 0 atom stereocenters. The summed E-state index contributed by atoms with van der Waals surface area (Å²) in [4.78, 5) is 18.0. The predicted molar refractivity (Wildman–Crippen MR) is 131 cm³/mol. The van der Waals surface area contributed by atoms with Gasteiger partial charge in [0, 0.05) is 28.4 Å². The number of nitrogens with zero attached hydrogens (tertiary/aromatic N) is 1. The number of ether oxygens (including phenoxy) is 1. The van der Waals surface area contributed by atoms with Crippen LogP contribution >= 0.6 is 23.8 Å². The number of thiocarbonyl (C=S) groups is 1. The van der Waals surface area contributed by atoms with Gasteiger partial charge in [0.15, 0.2) is 5.11 Å². The average molecular weight is 456 g/mol. The van der Waals surface area contributed by atoms with E-state index in [1.165, 1.54) is 19.3 Å². The molecule has 0 radical (unpaired) electrons. The molecule has 7 heteroatoms. The maximum absolute atomic E-state index is 12.9. The molecule has 0 aliphatic heterocycles. The molecule has 1 aliphatic rings. The molecule has 2 N–H and O–H groups in total. The molecule has 2 aromatic carbocycles. The highest BCUT2D eigenvalue weighted by atomic mass is 35.5. The van der Waals surface area contributed by atoms with Crippen molar-refractivity contribution in [3.8, 4) is 5.75 Å². The lowest BCUT2D eigenvalue weighted by Gasteiger charge is -2.36. The molecule has 5 nitrogen and oxygen atoms in total. The van der Waals surface area contributed by atoms with Crippen LogP contribution in [-0.2, 0) is 6.54 Å². The van der Waals surface area contributed by atoms with Gasteiger partial charge in [0.25, 0.3) is 5.56 Å². The Hall–Kier alpha value is -2.57. The minimum absolute atomic E-state index is 0.105. The zero-order valence-electron chi connectivity index (χ0n) is 17.5. The van der Waals surface area contributed by atoms with Gasteiger partial charge in [-0.3, -0.25) is 4.79 Å². The molecule has 1 heterocycles. The highest BCUT2D eigenvalue weighted by molar-refractivity contribution is 7.80. The SMILES string of the molecule is COc1ccc2cc(CN(C(=S)Nc3cccc(Cl)c3)C3CCCCC3)c(=O)[nH]c2c1. The van der Waals surface area contributed by atoms with Gasteiger partial charge in [0.1, 0.15) is 5.75 Å². The van der Waals surface area contributed by atoms with Crippen molar-refractivity contribution in [3.05, 3.63) is 69.5 Å². The Morgan fingerprint density at radius 3 is 2.74 bits per heavy atom. The number of pyridine rings is 1. The fraction of sp³-hybridized carbons (Fsp3) is 0.333. The molecule has 0 amide bonds. The molecule has 1 saturated carbocycles. The highest BCUT2D eigenvalue weighted by Gasteiger charge is 2.24. The lowest BCUT2D eigenvalue weighted by molar-refractivity contribution is 0.240. The Morgan fingerprint density at radius 2 is 2.00 bits per heavy atom. The second-order valence-electron chi connectivity index (χ2n) is 7.94. The summed E-state index contributed by atoms with van der Waals surface area (Å²) in [5.41, 5.74) is 2.19. The summed E-state index contributed by atoms with van der Waals surface area (Å²) in [6.45, 7) is 0.453. The van der Waals surface area contributed by atoms with Crippen LogP contribution in [0.1, 0.15) is 37.7 Å². The molecule has 1 aromatic heterocycles. The first-order chi connectivity index (χ1) is 15.0. The van der Waals surface area contributed by atoms with Crippen LogP contribution in [-0.4, -0.2) is 28.1 Å². The maximum atomic E-state index is 12.9. The summed E-state index contributed by atoms with van der Waals surface area (Å²) >= 11 is 11.9. The van der Waals surface area contributed by atoms with Crippen molar-refractivity contribution in [1.29, 1.82) is 0 Å². The van der Waals surface area contributed by atoms with Crippen LogP contribution in [0.15, 0.2) is 53.3 Å². The Kier molecular flexibility index (Phi) is 6.78. The smallest absolute Gasteiger partial charge is 0.253 e. The quantitative estimate of drug-likeness (QED) is 0.482. The summed E-state index contributed by atoms with van der Waals surface area (Å²) in [7, 11) is 1.61. The van der Waals surface area contributed by atoms with E-state index in [2.05, 4.69) is 15.2 Å². The van der Waals surface area contributed by atoms with E-state index < -0.39 is 0 Å². The summed E-state index contributed by atoms with van der Waals surface area (Å²) in [6, 6.07) is 15.5. The minimum Gasteiger partial charge on any atom is -0.497 e. The number of benzene rings is 2. The molecule has 0 unspecified atom stereocenters. The molecule has 162 valence electrons. The first-order valence-corrected chi connectivity index (χ1v) is 11.4. The molecule has 0 saturated heterocycles. The van der Waals surface area contributed by atoms with Crippen molar-refractivity contribution in [1.82, 2.24) is 9.88 Å². The van der Waals surface area contributed by atoms with Crippen molar-refractivity contribution in [2.24, 2.45) is 0 Å². The van der Waals surface area contributed by atoms with Gasteiger partial charge in [0.05, 0.1) is 19.2 Å². The predicted octanol–water partition coefficient (Wildman–Crippen LogP) is 5.72. The largest absolute Gasteiger partial charge is 0.497 e. The lowest BCUT2D eigenvalue weighted by Crippen LogP contribution is -2.44. The number of rotatable bonds is 5. The van der Waals surface area contributed by atoms with Crippen molar-refractivity contribution < 1.29 is 4.74 Å². The van der Waals surface area contributed by atoms with Crippen LogP contribution in [0.4, 0.5) is 5.69 Å². The van der Waals surface area contributed by atoms with E-state index in [1.807, 2.05) is 48.5 Å². The lowest BCUT2D eigenvalue weighted by atomic mass is 9.94. The molecule has 1 aliphatic carbocycles. The highest BCUT2D eigenvalue weighted by Crippen LogP contribution is 2.26. The standard InChI is InChI=1S/C24H26ClN3O2S/c1-30-21-11-10-16-12-17(23(29)27-22(16)14-21)15-28(20-8-3-2-4-9-20)24(31)26-19-7-5-6-18(25)13-19/h5-7,10-14,20H,2-4,8-9,15H2,1H3,(H,26,31)(H,27,29). The zero-order chi connectivity index (χ0) is 21.8. The van der Waals surface area contributed by atoms with Gasteiger partial charge in [-0.1, -0.05) is 36.9 Å². The average Bonchev–Trinajstić information content (AvgIpc) is 2.77. The number of H-pyrrole nitrogens is 1. The Morgan fingerprint density at radius 1 is 1.19 bits per heavy atom. The fourth-order valence-electron chi connectivity index (χ4n) is 4.17. The number of hydrogen-bond donors (Lipinski definition) is 2. The van der Waals surface area contributed by atoms with Gasteiger partial charge < -0.3 is 19.9 Å². The number of aromatic nitrogens is 1. The van der Waals surface area contributed by atoms with Crippen molar-refractivity contribution in [2.75, 3.05) is 12.4 Å². The molecule has 31 heavy (non-hydrogen) atoms. The normalized spacial score (nSPS) is 14.4. The second-order valence-corrected chi connectivity index (χ2v) is 8.76. The number of anilines is 1. The number of fused-ring (bicyclic) bond motifs is 1. The van der Waals surface area contributed by atoms with E-state index in [0.717, 1.165) is 29.4 Å². The van der Waals surface area contributed by atoms with Crippen LogP contribution < -0.4 is 15.6 Å². The van der Waals surface area contributed by atoms with E-state index in [-0.39, 0.29) is 5.56 Å². The van der Waals surface area contributed by atoms with Gasteiger partial charge >= 0.3 is 0 Å². The van der Waals surface area contributed by atoms with Crippen LogP contribution in [0.25, 0.3) is 10.9 Å². The third-order valence-electron chi connectivity index (χ3n) is 5.82. The van der Waals surface area contributed by atoms with Gasteiger partial charge in [-0.05, 0) is 66.8 Å². The van der Waals surface area contributed by atoms with Crippen LogP contribution in [0.2, 0.25) is 5.02 Å². The number of halogens is 1. The topological polar surface area (TPSA) is 57.4 Å². The molecule has 4 rings (SSSR count). The van der Waals surface area contributed by atoms with Crippen LogP contribution in [0, 0.1) is 0 Å². The summed E-state index contributed by atoms with van der Waals surface area (Å²) in [5.74, 6) is 0.714. The number of aromatic amines is 1. The van der Waals surface area contributed by atoms with Crippen molar-refractivity contribution in [3.63, 3.8) is 0 Å². The van der Waals surface area contributed by atoms with Crippen molar-refractivity contribution in [2.45, 2.75) is 44.7 Å². The van der Waals surface area contributed by atoms with E-state index in [9.17, 15) is 4.79 Å². The molecule has 3 aromatic rings. The molecular weight excluding hydrogens is 430 g/mol. The molecule has 1 fully saturated rings. The maximum Gasteiger partial charge on any atom is 0.253 e. The molecule has 0 spiro atoms. The van der Waals surface area contributed by atoms with E-state index in [4.69, 9.17) is 28.6 Å². The van der Waals surface area contributed by atoms with E-state index >= 15 is 0 Å². The summed E-state index contributed by atoms with van der Waals surface area (Å²) in [5, 5.41) is 5.55. The zero-order valence-corrected chi connectivity index (χ0v) is 19.1. The first kappa shape index (κ1) is 21.7.